The molecule has 0 spiro atoms. The van der Waals surface area contributed by atoms with Crippen molar-refractivity contribution in [3.05, 3.63) is 35.9 Å². The number of carboxylic acid groups (broad SMARTS) is 1. The van der Waals surface area contributed by atoms with E-state index in [1.54, 1.807) is 30.3 Å². The molecule has 0 radical (unpaired) electrons. The largest absolute Gasteiger partial charge is 0.480 e. The van der Waals surface area contributed by atoms with E-state index in [-0.39, 0.29) is 24.5 Å². The molecule has 11 nitrogen and oxygen atoms in total. The first-order chi connectivity index (χ1) is 15.9. The summed E-state index contributed by atoms with van der Waals surface area (Å²) in [6.07, 6.45) is -0.112. The van der Waals surface area contributed by atoms with Gasteiger partial charge in [0.25, 0.3) is 0 Å². The number of rotatable bonds is 14. The molecule has 1 aromatic carbocycles. The maximum atomic E-state index is 13.0. The first kappa shape index (κ1) is 28.9. The van der Waals surface area contributed by atoms with Crippen molar-refractivity contribution in [1.82, 2.24) is 16.0 Å². The molecule has 0 saturated heterocycles. The average molecular weight is 496 g/mol. The van der Waals surface area contributed by atoms with Crippen molar-refractivity contribution in [2.24, 2.45) is 17.4 Å². The minimum absolute atomic E-state index is 0.0111. The van der Waals surface area contributed by atoms with Gasteiger partial charge in [-0.25, -0.2) is 4.79 Å². The zero-order chi connectivity index (χ0) is 25.8. The molecule has 0 saturated carbocycles. The lowest BCUT2D eigenvalue weighted by molar-refractivity contribution is -0.142. The third kappa shape index (κ3) is 10.2. The van der Waals surface area contributed by atoms with Crippen molar-refractivity contribution in [2.45, 2.75) is 57.3 Å². The van der Waals surface area contributed by atoms with Crippen LogP contribution in [0.25, 0.3) is 0 Å². The van der Waals surface area contributed by atoms with Crippen molar-refractivity contribution < 1.29 is 29.1 Å². The second-order valence-corrected chi connectivity index (χ2v) is 8.67. The monoisotopic (exact) mass is 495 g/mol. The Morgan fingerprint density at radius 3 is 1.94 bits per heavy atom. The maximum absolute atomic E-state index is 13.0. The highest BCUT2D eigenvalue weighted by atomic mass is 32.1. The molecule has 0 aliphatic carbocycles. The summed E-state index contributed by atoms with van der Waals surface area (Å²) < 4.78 is 0. The van der Waals surface area contributed by atoms with E-state index in [1.165, 1.54) is 0 Å². The summed E-state index contributed by atoms with van der Waals surface area (Å²) in [6, 6.07) is 4.19. The molecule has 188 valence electrons. The Balaban J connectivity index is 3.01. The van der Waals surface area contributed by atoms with Crippen LogP contribution in [0.5, 0.6) is 0 Å². The lowest BCUT2D eigenvalue weighted by Gasteiger charge is -2.25. The first-order valence-corrected chi connectivity index (χ1v) is 11.4. The van der Waals surface area contributed by atoms with Gasteiger partial charge in [0.1, 0.15) is 18.1 Å². The number of thiol groups is 1. The van der Waals surface area contributed by atoms with E-state index < -0.39 is 60.2 Å². The van der Waals surface area contributed by atoms with Gasteiger partial charge >= 0.3 is 5.97 Å². The molecule has 0 aromatic heterocycles. The lowest BCUT2D eigenvalue weighted by atomic mass is 10.0. The quantitative estimate of drug-likeness (QED) is 0.160. The van der Waals surface area contributed by atoms with Gasteiger partial charge in [0, 0.05) is 12.2 Å². The number of carbonyl (C=O) groups excluding carboxylic acids is 4. The molecular formula is C22H33N5O6S. The number of nitrogens with one attached hydrogen (secondary N) is 3. The van der Waals surface area contributed by atoms with E-state index in [4.69, 9.17) is 11.5 Å². The molecule has 34 heavy (non-hydrogen) atoms. The fourth-order valence-electron chi connectivity index (χ4n) is 3.08. The number of aliphatic carboxylic acids is 1. The fraction of sp³-hybridized carbons (Fsp3) is 0.500. The average Bonchev–Trinajstić information content (AvgIpc) is 2.75. The molecule has 0 fully saturated rings. The van der Waals surface area contributed by atoms with Crippen LogP contribution in [0.3, 0.4) is 0 Å². The highest BCUT2D eigenvalue weighted by molar-refractivity contribution is 7.80. The Bertz CT molecular complexity index is 867. The SMILES string of the molecule is CC(C)CC(NC(=O)C(Cc1ccccc1)NC(=O)C(CS)NC(=O)C(N)CC(N)=O)C(=O)O. The van der Waals surface area contributed by atoms with Crippen LogP contribution in [0, 0.1) is 5.92 Å². The van der Waals surface area contributed by atoms with Crippen LogP contribution in [0.2, 0.25) is 0 Å². The molecule has 0 aliphatic heterocycles. The van der Waals surface area contributed by atoms with Gasteiger partial charge in [0.05, 0.1) is 12.5 Å². The molecular weight excluding hydrogens is 462 g/mol. The smallest absolute Gasteiger partial charge is 0.326 e. The van der Waals surface area contributed by atoms with Crippen LogP contribution in [-0.4, -0.2) is 64.6 Å². The first-order valence-electron chi connectivity index (χ1n) is 10.8. The molecule has 0 aliphatic rings. The minimum Gasteiger partial charge on any atom is -0.480 e. The van der Waals surface area contributed by atoms with E-state index >= 15 is 0 Å². The summed E-state index contributed by atoms with van der Waals surface area (Å²) in [4.78, 5) is 60.6. The molecule has 1 rings (SSSR count). The minimum atomic E-state index is -1.25. The number of primary amides is 1. The number of hydrogen-bond donors (Lipinski definition) is 7. The molecule has 4 unspecified atom stereocenters. The van der Waals surface area contributed by atoms with Gasteiger partial charge in [-0.05, 0) is 17.9 Å². The molecule has 8 N–H and O–H groups in total. The Hall–Kier alpha value is -3.12. The van der Waals surface area contributed by atoms with Crippen LogP contribution in [0.1, 0.15) is 32.3 Å². The number of carboxylic acids is 1. The number of nitrogens with two attached hydrogens (primary N) is 2. The van der Waals surface area contributed by atoms with Gasteiger partial charge in [0.15, 0.2) is 0 Å². The van der Waals surface area contributed by atoms with Gasteiger partial charge in [0.2, 0.25) is 23.6 Å². The number of amides is 4. The Labute approximate surface area is 203 Å². The van der Waals surface area contributed by atoms with Crippen molar-refractivity contribution >= 4 is 42.2 Å². The molecule has 1 aromatic rings. The third-order valence-electron chi connectivity index (χ3n) is 4.81. The topological polar surface area (TPSA) is 194 Å². The molecule has 0 bridgehead atoms. The van der Waals surface area contributed by atoms with Gasteiger partial charge in [-0.3, -0.25) is 19.2 Å². The van der Waals surface area contributed by atoms with Crippen LogP contribution in [0.15, 0.2) is 30.3 Å². The van der Waals surface area contributed by atoms with Crippen LogP contribution in [-0.2, 0) is 30.4 Å². The zero-order valence-corrected chi connectivity index (χ0v) is 20.1. The lowest BCUT2D eigenvalue weighted by Crippen LogP contribution is -2.58. The predicted octanol–water partition coefficient (Wildman–Crippen LogP) is -1.05. The van der Waals surface area contributed by atoms with E-state index in [9.17, 15) is 29.1 Å². The van der Waals surface area contributed by atoms with Crippen molar-refractivity contribution in [3.63, 3.8) is 0 Å². The molecule has 4 atom stereocenters. The van der Waals surface area contributed by atoms with Gasteiger partial charge in [-0.1, -0.05) is 44.2 Å². The highest BCUT2D eigenvalue weighted by Gasteiger charge is 2.30. The summed E-state index contributed by atoms with van der Waals surface area (Å²) >= 11 is 4.08. The van der Waals surface area contributed by atoms with Gasteiger partial charge in [-0.2, -0.15) is 12.6 Å². The van der Waals surface area contributed by atoms with Crippen LogP contribution < -0.4 is 27.4 Å². The number of carbonyl (C=O) groups is 5. The van der Waals surface area contributed by atoms with Crippen LogP contribution in [0.4, 0.5) is 0 Å². The normalized spacial score (nSPS) is 14.4. The van der Waals surface area contributed by atoms with Crippen LogP contribution >= 0.6 is 12.6 Å². The van der Waals surface area contributed by atoms with Crippen molar-refractivity contribution in [3.8, 4) is 0 Å². The van der Waals surface area contributed by atoms with Gasteiger partial charge in [-0.15, -0.1) is 0 Å². The zero-order valence-electron chi connectivity index (χ0n) is 19.2. The van der Waals surface area contributed by atoms with E-state index in [1.807, 2.05) is 13.8 Å². The molecule has 12 heteroatoms. The van der Waals surface area contributed by atoms with E-state index in [0.717, 1.165) is 5.56 Å². The second kappa shape index (κ2) is 14.2. The Kier molecular flexibility index (Phi) is 12.1. The molecule has 0 heterocycles. The van der Waals surface area contributed by atoms with E-state index in [2.05, 4.69) is 28.6 Å². The number of hydrogen-bond acceptors (Lipinski definition) is 7. The summed E-state index contributed by atoms with van der Waals surface area (Å²) in [6.45, 7) is 3.66. The maximum Gasteiger partial charge on any atom is 0.326 e. The molecule has 4 amide bonds. The third-order valence-corrected chi connectivity index (χ3v) is 5.18. The van der Waals surface area contributed by atoms with Gasteiger partial charge < -0.3 is 32.5 Å². The summed E-state index contributed by atoms with van der Waals surface area (Å²) in [5.41, 5.74) is 11.4. The summed E-state index contributed by atoms with van der Waals surface area (Å²) in [5.74, 6) is -4.25. The second-order valence-electron chi connectivity index (χ2n) is 8.30. The standard InChI is InChI=1S/C22H33N5O6S/c1-12(2)8-16(22(32)33)26-20(30)15(9-13-6-4-3-5-7-13)25-21(31)17(11-34)27-19(29)14(23)10-18(24)28/h3-7,12,14-17,34H,8-11,23H2,1-2H3,(H2,24,28)(H,25,31)(H,26,30)(H,27,29)(H,32,33). The predicted molar refractivity (Wildman–Crippen MR) is 129 cm³/mol. The Morgan fingerprint density at radius 1 is 0.912 bits per heavy atom. The van der Waals surface area contributed by atoms with Crippen molar-refractivity contribution in [1.29, 1.82) is 0 Å². The summed E-state index contributed by atoms with van der Waals surface area (Å²) in [7, 11) is 0. The van der Waals surface area contributed by atoms with E-state index in [0.29, 0.717) is 0 Å². The summed E-state index contributed by atoms with van der Waals surface area (Å²) in [5, 5.41) is 16.9. The Morgan fingerprint density at radius 2 is 1.44 bits per heavy atom. The highest BCUT2D eigenvalue weighted by Crippen LogP contribution is 2.08. The van der Waals surface area contributed by atoms with Crippen molar-refractivity contribution in [2.75, 3.05) is 5.75 Å². The fourth-order valence-corrected chi connectivity index (χ4v) is 3.34. The number of benzene rings is 1.